The van der Waals surface area contributed by atoms with E-state index in [0.717, 1.165) is 16.3 Å². The van der Waals surface area contributed by atoms with Gasteiger partial charge in [-0.2, -0.15) is 0 Å². The molecular formula is C21H15BrFNO3S. The van der Waals surface area contributed by atoms with Gasteiger partial charge in [-0.15, -0.1) is 11.3 Å². The van der Waals surface area contributed by atoms with Gasteiger partial charge in [0.05, 0.1) is 19.1 Å². The van der Waals surface area contributed by atoms with Gasteiger partial charge in [-0.1, -0.05) is 52.3 Å². The molecule has 0 saturated carbocycles. The van der Waals surface area contributed by atoms with Crippen molar-refractivity contribution >= 4 is 50.7 Å². The minimum atomic E-state index is -1.16. The molecule has 0 atom stereocenters. The number of benzene rings is 2. The Morgan fingerprint density at radius 1 is 1.21 bits per heavy atom. The number of thiazole rings is 1. The van der Waals surface area contributed by atoms with Gasteiger partial charge in [0.25, 0.3) is 0 Å². The van der Waals surface area contributed by atoms with Gasteiger partial charge in [0, 0.05) is 15.4 Å². The topological polar surface area (TPSA) is 59.4 Å². The summed E-state index contributed by atoms with van der Waals surface area (Å²) in [5.41, 5.74) is 2.28. The molecule has 0 aliphatic carbocycles. The maximum Gasteiger partial charge on any atom is 0.339 e. The fraction of sp³-hybridized carbons (Fsp3) is 0.0476. The first-order valence-corrected chi connectivity index (χ1v) is 9.81. The highest BCUT2D eigenvalue weighted by molar-refractivity contribution is 9.10. The van der Waals surface area contributed by atoms with Crippen molar-refractivity contribution in [3.63, 3.8) is 0 Å². The summed E-state index contributed by atoms with van der Waals surface area (Å²) in [5, 5.41) is 11.4. The van der Waals surface area contributed by atoms with Crippen LogP contribution in [0.3, 0.4) is 0 Å². The predicted octanol–water partition coefficient (Wildman–Crippen LogP) is 6.11. The molecule has 0 radical (unpaired) electrons. The average Bonchev–Trinajstić information content (AvgIpc) is 3.17. The predicted molar refractivity (Wildman–Crippen MR) is 113 cm³/mol. The van der Waals surface area contributed by atoms with Gasteiger partial charge in [-0.05, 0) is 29.3 Å². The molecule has 4 nitrogen and oxygen atoms in total. The highest BCUT2D eigenvalue weighted by Crippen LogP contribution is 2.30. The molecule has 0 unspecified atom stereocenters. The maximum atomic E-state index is 14.8. The Hall–Kier alpha value is -2.77. The normalized spacial score (nSPS) is 12.1. The van der Waals surface area contributed by atoms with Crippen molar-refractivity contribution in [2.24, 2.45) is 0 Å². The van der Waals surface area contributed by atoms with Crippen molar-refractivity contribution in [2.45, 2.75) is 0 Å². The summed E-state index contributed by atoms with van der Waals surface area (Å²) in [6.07, 6.45) is 2.41. The van der Waals surface area contributed by atoms with E-state index in [4.69, 9.17) is 4.74 Å². The first-order chi connectivity index (χ1) is 13.5. The van der Waals surface area contributed by atoms with Crippen molar-refractivity contribution in [3.8, 4) is 11.3 Å². The molecule has 1 N–H and O–H groups in total. The minimum absolute atomic E-state index is 0.0585. The van der Waals surface area contributed by atoms with Crippen LogP contribution in [0.25, 0.3) is 28.7 Å². The molecule has 142 valence electrons. The Labute approximate surface area is 173 Å². The molecule has 0 fully saturated rings. The third-order valence-electron chi connectivity index (χ3n) is 3.85. The average molecular weight is 460 g/mol. The summed E-state index contributed by atoms with van der Waals surface area (Å²) in [5.74, 6) is -1.70. The number of hydrogen-bond acceptors (Lipinski definition) is 4. The molecule has 1 aromatic heterocycles. The Balaban J connectivity index is 1.96. The van der Waals surface area contributed by atoms with Gasteiger partial charge in [-0.3, -0.25) is 0 Å². The Bertz CT molecular complexity index is 1060. The quantitative estimate of drug-likeness (QED) is 0.356. The zero-order valence-electron chi connectivity index (χ0n) is 14.7. The molecule has 3 aromatic rings. The van der Waals surface area contributed by atoms with E-state index in [1.54, 1.807) is 29.6 Å². The van der Waals surface area contributed by atoms with Crippen LogP contribution in [-0.4, -0.2) is 23.2 Å². The largest absolute Gasteiger partial charge is 0.503 e. The van der Waals surface area contributed by atoms with Crippen LogP contribution in [0.1, 0.15) is 16.1 Å². The highest BCUT2D eigenvalue weighted by Gasteiger charge is 2.16. The van der Waals surface area contributed by atoms with E-state index in [1.807, 2.05) is 24.3 Å². The monoisotopic (exact) mass is 459 g/mol. The van der Waals surface area contributed by atoms with Gasteiger partial charge in [-0.25, -0.2) is 14.2 Å². The second kappa shape index (κ2) is 8.95. The van der Waals surface area contributed by atoms with Gasteiger partial charge < -0.3 is 9.84 Å². The standard InChI is InChI=1S/C21H15BrFNO3S/c1-27-11-17(21(25)26)16-5-3-2-4-14(16)10-18(23)20-24-19(12-28-20)13-6-8-15(22)9-7-13/h2-12H,1H3,(H,25,26). The second-order valence-electron chi connectivity index (χ2n) is 5.70. The number of rotatable bonds is 6. The Morgan fingerprint density at radius 3 is 2.61 bits per heavy atom. The molecule has 1 heterocycles. The lowest BCUT2D eigenvalue weighted by molar-refractivity contribution is -0.130. The zero-order valence-corrected chi connectivity index (χ0v) is 17.1. The van der Waals surface area contributed by atoms with Crippen LogP contribution in [0.15, 0.2) is 64.6 Å². The van der Waals surface area contributed by atoms with Crippen molar-refractivity contribution < 1.29 is 19.0 Å². The third kappa shape index (κ3) is 4.55. The second-order valence-corrected chi connectivity index (χ2v) is 7.47. The molecule has 28 heavy (non-hydrogen) atoms. The number of carboxylic acid groups (broad SMARTS) is 1. The number of aromatic nitrogens is 1. The fourth-order valence-corrected chi connectivity index (χ4v) is 3.55. The summed E-state index contributed by atoms with van der Waals surface area (Å²) < 4.78 is 20.7. The van der Waals surface area contributed by atoms with Crippen LogP contribution in [0.5, 0.6) is 0 Å². The molecule has 0 aliphatic heterocycles. The summed E-state index contributed by atoms with van der Waals surface area (Å²) in [7, 11) is 1.36. The van der Waals surface area contributed by atoms with Crippen LogP contribution < -0.4 is 0 Å². The summed E-state index contributed by atoms with van der Waals surface area (Å²) in [4.78, 5) is 15.9. The van der Waals surface area contributed by atoms with E-state index in [9.17, 15) is 14.3 Å². The Kier molecular flexibility index (Phi) is 6.38. The third-order valence-corrected chi connectivity index (χ3v) is 5.23. The lowest BCUT2D eigenvalue weighted by Crippen LogP contribution is -2.02. The van der Waals surface area contributed by atoms with E-state index >= 15 is 0 Å². The van der Waals surface area contributed by atoms with E-state index in [1.165, 1.54) is 24.5 Å². The molecule has 0 spiro atoms. The van der Waals surface area contributed by atoms with Gasteiger partial charge in [0.1, 0.15) is 5.57 Å². The molecule has 0 bridgehead atoms. The SMILES string of the molecule is COC=C(C(=O)O)c1ccccc1C=C(F)c1nc(-c2ccc(Br)cc2)cs1. The number of methoxy groups -OCH3 is 1. The summed E-state index contributed by atoms with van der Waals surface area (Å²) >= 11 is 4.57. The molecule has 3 rings (SSSR count). The van der Waals surface area contributed by atoms with Crippen molar-refractivity contribution in [1.82, 2.24) is 4.98 Å². The van der Waals surface area contributed by atoms with E-state index in [-0.39, 0.29) is 10.6 Å². The van der Waals surface area contributed by atoms with Crippen LogP contribution >= 0.6 is 27.3 Å². The van der Waals surface area contributed by atoms with Gasteiger partial charge in [0.2, 0.25) is 0 Å². The smallest absolute Gasteiger partial charge is 0.339 e. The lowest BCUT2D eigenvalue weighted by atomic mass is 10.00. The summed E-state index contributed by atoms with van der Waals surface area (Å²) in [6.45, 7) is 0. The van der Waals surface area contributed by atoms with Crippen LogP contribution in [0.4, 0.5) is 4.39 Å². The zero-order chi connectivity index (χ0) is 20.1. The van der Waals surface area contributed by atoms with E-state index < -0.39 is 11.8 Å². The van der Waals surface area contributed by atoms with Crippen molar-refractivity contribution in [3.05, 3.63) is 80.8 Å². The number of ether oxygens (including phenoxy) is 1. The number of carbonyl (C=O) groups is 1. The molecule has 7 heteroatoms. The maximum absolute atomic E-state index is 14.8. The first kappa shape index (κ1) is 20.0. The Morgan fingerprint density at radius 2 is 1.93 bits per heavy atom. The van der Waals surface area contributed by atoms with Crippen LogP contribution in [0.2, 0.25) is 0 Å². The molecule has 0 amide bonds. The number of nitrogens with zero attached hydrogens (tertiary/aromatic N) is 1. The van der Waals surface area contributed by atoms with Crippen LogP contribution in [0, 0.1) is 0 Å². The van der Waals surface area contributed by atoms with Gasteiger partial charge >= 0.3 is 5.97 Å². The van der Waals surface area contributed by atoms with Crippen molar-refractivity contribution in [1.29, 1.82) is 0 Å². The summed E-state index contributed by atoms with van der Waals surface area (Å²) in [6, 6.07) is 14.2. The van der Waals surface area contributed by atoms with Crippen molar-refractivity contribution in [2.75, 3.05) is 7.11 Å². The number of hydrogen-bond donors (Lipinski definition) is 1. The number of halogens is 2. The molecular weight excluding hydrogens is 445 g/mol. The fourth-order valence-electron chi connectivity index (χ4n) is 2.55. The van der Waals surface area contributed by atoms with Crippen LogP contribution in [-0.2, 0) is 9.53 Å². The van der Waals surface area contributed by atoms with E-state index in [2.05, 4.69) is 20.9 Å². The lowest BCUT2D eigenvalue weighted by Gasteiger charge is -2.07. The van der Waals surface area contributed by atoms with Gasteiger partial charge in [0.15, 0.2) is 10.8 Å². The highest BCUT2D eigenvalue weighted by atomic mass is 79.9. The minimum Gasteiger partial charge on any atom is -0.503 e. The number of aliphatic carboxylic acids is 1. The molecule has 2 aromatic carbocycles. The molecule has 0 aliphatic rings. The molecule has 0 saturated heterocycles. The van der Waals surface area contributed by atoms with E-state index in [0.29, 0.717) is 16.8 Å². The first-order valence-electron chi connectivity index (χ1n) is 8.14. The number of carboxylic acids is 1.